The number of rotatable bonds is 2. The van der Waals surface area contributed by atoms with Crippen LogP contribution in [0.5, 0.6) is 0 Å². The molecule has 4 heteroatoms. The van der Waals surface area contributed by atoms with E-state index in [0.717, 1.165) is 16.2 Å². The lowest BCUT2D eigenvalue weighted by Crippen LogP contribution is -1.80. The van der Waals surface area contributed by atoms with Gasteiger partial charge in [0.1, 0.15) is 0 Å². The number of nitro groups is 1. The molecule has 0 spiro atoms. The van der Waals surface area contributed by atoms with E-state index in [1.807, 2.05) is 0 Å². The Bertz CT molecular complexity index is 359. The number of terminal acetylenes is 1. The second-order valence-corrected chi connectivity index (χ2v) is 3.03. The van der Waals surface area contributed by atoms with Crippen LogP contribution in [0.2, 0.25) is 0 Å². The van der Waals surface area contributed by atoms with Gasteiger partial charge in [0.05, 0.1) is 4.92 Å². The van der Waals surface area contributed by atoms with Crippen molar-refractivity contribution in [1.29, 1.82) is 0 Å². The molecule has 60 valence electrons. The molecule has 1 rings (SSSR count). The minimum atomic E-state index is -0.419. The molecule has 3 nitrogen and oxygen atoms in total. The summed E-state index contributed by atoms with van der Waals surface area (Å²) >= 11 is 1.10. The molecule has 0 N–H and O–H groups in total. The Hall–Kier alpha value is -1.60. The highest BCUT2D eigenvalue weighted by atomic mass is 32.1. The van der Waals surface area contributed by atoms with Crippen LogP contribution in [-0.2, 0) is 0 Å². The first kappa shape index (κ1) is 8.50. The van der Waals surface area contributed by atoms with Crippen molar-refractivity contribution < 1.29 is 4.92 Å². The van der Waals surface area contributed by atoms with Crippen molar-refractivity contribution in [3.8, 4) is 12.3 Å². The van der Waals surface area contributed by atoms with E-state index in [0.29, 0.717) is 0 Å². The lowest BCUT2D eigenvalue weighted by Gasteiger charge is -1.79. The molecule has 1 heterocycles. The van der Waals surface area contributed by atoms with Crippen LogP contribution in [0.1, 0.15) is 4.88 Å². The van der Waals surface area contributed by atoms with E-state index in [1.54, 1.807) is 12.1 Å². The lowest BCUT2D eigenvalue weighted by atomic mass is 10.4. The van der Waals surface area contributed by atoms with Gasteiger partial charge in [-0.25, -0.2) is 0 Å². The third-order valence-corrected chi connectivity index (χ3v) is 2.14. The van der Waals surface area contributed by atoms with E-state index < -0.39 is 4.92 Å². The zero-order valence-electron chi connectivity index (χ0n) is 6.06. The summed E-state index contributed by atoms with van der Waals surface area (Å²) in [6, 6.07) is 3.12. The van der Waals surface area contributed by atoms with Gasteiger partial charge in [0.2, 0.25) is 0 Å². The molecular formula is C8H5NO2S. The number of thiophene rings is 1. The molecule has 0 aliphatic heterocycles. The number of allylic oxidation sites excluding steroid dienone is 1. The van der Waals surface area contributed by atoms with Crippen molar-refractivity contribution in [1.82, 2.24) is 0 Å². The molecule has 0 fully saturated rings. The normalized spacial score (nSPS) is 9.92. The summed E-state index contributed by atoms with van der Waals surface area (Å²) in [7, 11) is 0. The first-order valence-corrected chi connectivity index (χ1v) is 3.92. The molecule has 0 saturated carbocycles. The Morgan fingerprint density at radius 3 is 2.92 bits per heavy atom. The minimum absolute atomic E-state index is 0.131. The van der Waals surface area contributed by atoms with Gasteiger partial charge in [-0.2, -0.15) is 0 Å². The average Bonchev–Trinajstić information content (AvgIpc) is 2.48. The second-order valence-electron chi connectivity index (χ2n) is 1.93. The molecule has 1 aromatic rings. The smallest absolute Gasteiger partial charge is 0.258 e. The SMILES string of the molecule is C#C/C=C/c1ccc([N+](=O)[O-])s1. The third-order valence-electron chi connectivity index (χ3n) is 1.14. The van der Waals surface area contributed by atoms with Crippen LogP contribution in [-0.4, -0.2) is 4.92 Å². The second kappa shape index (κ2) is 3.69. The van der Waals surface area contributed by atoms with Gasteiger partial charge in [0, 0.05) is 10.9 Å². The maximum atomic E-state index is 10.2. The predicted molar refractivity (Wildman–Crippen MR) is 48.8 cm³/mol. The molecule has 1 aromatic heterocycles. The summed E-state index contributed by atoms with van der Waals surface area (Å²) < 4.78 is 0. The molecule has 0 unspecified atom stereocenters. The summed E-state index contributed by atoms with van der Waals surface area (Å²) in [4.78, 5) is 10.6. The van der Waals surface area contributed by atoms with Crippen LogP contribution < -0.4 is 0 Å². The first-order chi connectivity index (χ1) is 5.74. The van der Waals surface area contributed by atoms with Crippen molar-refractivity contribution in [2.24, 2.45) is 0 Å². The van der Waals surface area contributed by atoms with Crippen LogP contribution in [0.15, 0.2) is 18.2 Å². The summed E-state index contributed by atoms with van der Waals surface area (Å²) in [5.74, 6) is 2.31. The molecular weight excluding hydrogens is 174 g/mol. The molecule has 0 bridgehead atoms. The van der Waals surface area contributed by atoms with Gasteiger partial charge in [-0.3, -0.25) is 10.1 Å². The van der Waals surface area contributed by atoms with E-state index in [-0.39, 0.29) is 5.00 Å². The van der Waals surface area contributed by atoms with Crippen molar-refractivity contribution in [3.05, 3.63) is 33.2 Å². The molecule has 0 atom stereocenters. The molecule has 0 amide bonds. The Kier molecular flexibility index (Phi) is 2.62. The van der Waals surface area contributed by atoms with Gasteiger partial charge >= 0.3 is 5.00 Å². The van der Waals surface area contributed by atoms with E-state index in [4.69, 9.17) is 6.42 Å². The standard InChI is InChI=1S/C8H5NO2S/c1-2-3-4-7-5-6-8(12-7)9(10)11/h1,3-6H/b4-3+. The van der Waals surface area contributed by atoms with Gasteiger partial charge in [0.15, 0.2) is 0 Å². The highest BCUT2D eigenvalue weighted by Crippen LogP contribution is 2.24. The predicted octanol–water partition coefficient (Wildman–Crippen LogP) is 2.30. The fourth-order valence-electron chi connectivity index (χ4n) is 0.660. The van der Waals surface area contributed by atoms with Crippen molar-refractivity contribution in [2.75, 3.05) is 0 Å². The van der Waals surface area contributed by atoms with Crippen LogP contribution >= 0.6 is 11.3 Å². The number of nitrogens with zero attached hydrogens (tertiary/aromatic N) is 1. The summed E-state index contributed by atoms with van der Waals surface area (Å²) in [6.07, 6.45) is 8.15. The van der Waals surface area contributed by atoms with E-state index in [2.05, 4.69) is 5.92 Å². The molecule has 0 saturated heterocycles. The molecule has 0 aliphatic rings. The summed E-state index contributed by atoms with van der Waals surface area (Å²) in [5.41, 5.74) is 0. The molecule has 0 aliphatic carbocycles. The Morgan fingerprint density at radius 1 is 1.67 bits per heavy atom. The molecule has 12 heavy (non-hydrogen) atoms. The fraction of sp³-hybridized carbons (Fsp3) is 0. The van der Waals surface area contributed by atoms with Crippen LogP contribution in [0.4, 0.5) is 5.00 Å². The van der Waals surface area contributed by atoms with E-state index >= 15 is 0 Å². The van der Waals surface area contributed by atoms with E-state index in [1.165, 1.54) is 12.1 Å². The Labute approximate surface area is 73.5 Å². The van der Waals surface area contributed by atoms with Gasteiger partial charge in [-0.15, -0.1) is 6.42 Å². The minimum Gasteiger partial charge on any atom is -0.258 e. The monoisotopic (exact) mass is 179 g/mol. The van der Waals surface area contributed by atoms with E-state index in [9.17, 15) is 10.1 Å². The van der Waals surface area contributed by atoms with Crippen molar-refractivity contribution in [2.45, 2.75) is 0 Å². The van der Waals surface area contributed by atoms with Crippen molar-refractivity contribution >= 4 is 22.4 Å². The number of hydrogen-bond donors (Lipinski definition) is 0. The Morgan fingerprint density at radius 2 is 2.42 bits per heavy atom. The largest absolute Gasteiger partial charge is 0.324 e. The highest BCUT2D eigenvalue weighted by molar-refractivity contribution is 7.16. The Balaban J connectivity index is 2.86. The molecule has 0 aromatic carbocycles. The fourth-order valence-corrected chi connectivity index (χ4v) is 1.38. The zero-order valence-corrected chi connectivity index (χ0v) is 6.88. The molecule has 0 radical (unpaired) electrons. The maximum Gasteiger partial charge on any atom is 0.324 e. The maximum absolute atomic E-state index is 10.2. The van der Waals surface area contributed by atoms with Crippen LogP contribution in [0, 0.1) is 22.5 Å². The number of hydrogen-bond acceptors (Lipinski definition) is 3. The van der Waals surface area contributed by atoms with Gasteiger partial charge in [0.25, 0.3) is 0 Å². The lowest BCUT2D eigenvalue weighted by molar-refractivity contribution is -0.380. The zero-order chi connectivity index (χ0) is 8.97. The van der Waals surface area contributed by atoms with Crippen molar-refractivity contribution in [3.63, 3.8) is 0 Å². The van der Waals surface area contributed by atoms with Gasteiger partial charge in [-0.1, -0.05) is 17.3 Å². The topological polar surface area (TPSA) is 43.1 Å². The third kappa shape index (κ3) is 1.94. The highest BCUT2D eigenvalue weighted by Gasteiger charge is 2.06. The van der Waals surface area contributed by atoms with Gasteiger partial charge in [-0.05, 0) is 18.2 Å². The first-order valence-electron chi connectivity index (χ1n) is 3.11. The summed E-state index contributed by atoms with van der Waals surface area (Å²) in [6.45, 7) is 0. The quantitative estimate of drug-likeness (QED) is 0.397. The van der Waals surface area contributed by atoms with Gasteiger partial charge < -0.3 is 0 Å². The van der Waals surface area contributed by atoms with Crippen LogP contribution in [0.25, 0.3) is 6.08 Å². The average molecular weight is 179 g/mol. The van der Waals surface area contributed by atoms with Crippen LogP contribution in [0.3, 0.4) is 0 Å². The summed E-state index contributed by atoms with van der Waals surface area (Å²) in [5, 5.41) is 10.4.